The Hall–Kier alpha value is -0.930. The fraction of sp³-hybridized carbons (Fsp3) is 0.647. The van der Waals surface area contributed by atoms with E-state index in [-0.39, 0.29) is 11.2 Å². The van der Waals surface area contributed by atoms with E-state index in [0.717, 1.165) is 36.8 Å². The number of aliphatic hydroxyl groups is 1. The number of hydrogen-bond acceptors (Lipinski definition) is 2. The van der Waals surface area contributed by atoms with E-state index < -0.39 is 5.60 Å². The first-order valence-corrected chi connectivity index (χ1v) is 7.72. The molecule has 20 heavy (non-hydrogen) atoms. The molecule has 2 aliphatic rings. The predicted molar refractivity (Wildman–Crippen MR) is 77.7 cm³/mol. The summed E-state index contributed by atoms with van der Waals surface area (Å²) in [6, 6.07) is 4.81. The molecule has 3 heteroatoms. The van der Waals surface area contributed by atoms with Crippen LogP contribution >= 0.6 is 0 Å². The van der Waals surface area contributed by atoms with E-state index in [9.17, 15) is 9.50 Å². The molecule has 0 amide bonds. The maximum absolute atomic E-state index is 13.4. The van der Waals surface area contributed by atoms with E-state index in [1.807, 2.05) is 0 Å². The van der Waals surface area contributed by atoms with Crippen LogP contribution in [0.2, 0.25) is 0 Å². The van der Waals surface area contributed by atoms with Crippen molar-refractivity contribution >= 4 is 0 Å². The van der Waals surface area contributed by atoms with Crippen LogP contribution in [0.4, 0.5) is 4.39 Å². The number of halogens is 1. The second-order valence-corrected chi connectivity index (χ2v) is 6.85. The van der Waals surface area contributed by atoms with Crippen LogP contribution < -0.4 is 5.73 Å². The first-order valence-electron chi connectivity index (χ1n) is 7.72. The molecular formula is C17H24FNO. The van der Waals surface area contributed by atoms with Crippen LogP contribution in [0, 0.1) is 17.2 Å². The van der Waals surface area contributed by atoms with Crippen LogP contribution in [0.3, 0.4) is 0 Å². The van der Waals surface area contributed by atoms with Crippen LogP contribution in [-0.4, -0.2) is 11.7 Å². The second kappa shape index (κ2) is 4.81. The first kappa shape index (κ1) is 14.0. The molecule has 0 saturated heterocycles. The van der Waals surface area contributed by atoms with Gasteiger partial charge in [0.15, 0.2) is 0 Å². The summed E-state index contributed by atoms with van der Waals surface area (Å²) in [5, 5.41) is 11.4. The maximum atomic E-state index is 13.4. The van der Waals surface area contributed by atoms with Gasteiger partial charge in [0.05, 0.1) is 5.60 Å². The summed E-state index contributed by atoms with van der Waals surface area (Å²) < 4.78 is 13.4. The van der Waals surface area contributed by atoms with Gasteiger partial charge in [0.25, 0.3) is 0 Å². The topological polar surface area (TPSA) is 46.2 Å². The molecule has 2 nitrogen and oxygen atoms in total. The van der Waals surface area contributed by atoms with E-state index in [1.54, 1.807) is 12.1 Å². The van der Waals surface area contributed by atoms with Gasteiger partial charge in [-0.2, -0.15) is 0 Å². The molecule has 1 fully saturated rings. The number of hydrogen-bond donors (Lipinski definition) is 2. The Morgan fingerprint density at radius 2 is 2.20 bits per heavy atom. The van der Waals surface area contributed by atoms with Crippen LogP contribution in [0.5, 0.6) is 0 Å². The molecule has 3 unspecified atom stereocenters. The van der Waals surface area contributed by atoms with Crippen LogP contribution in [0.15, 0.2) is 18.2 Å². The molecule has 3 N–H and O–H groups in total. The third-order valence-electron chi connectivity index (χ3n) is 5.63. The van der Waals surface area contributed by atoms with Crippen molar-refractivity contribution in [2.75, 3.05) is 6.54 Å². The standard InChI is InChI=1S/C17H24FNO/c1-12-3-2-7-16(10-12,11-19)17(20)8-6-13-9-14(18)4-5-15(13)17/h4-5,9,12,20H,2-3,6-8,10-11,19H2,1H3. The average Bonchev–Trinajstić information content (AvgIpc) is 2.77. The molecule has 1 saturated carbocycles. The number of aryl methyl sites for hydroxylation is 1. The highest BCUT2D eigenvalue weighted by molar-refractivity contribution is 5.40. The molecule has 0 spiro atoms. The molecule has 3 rings (SSSR count). The zero-order valence-corrected chi connectivity index (χ0v) is 12.2. The molecule has 2 aliphatic carbocycles. The normalized spacial score (nSPS) is 36.9. The Balaban J connectivity index is 2.05. The van der Waals surface area contributed by atoms with Gasteiger partial charge < -0.3 is 10.8 Å². The summed E-state index contributed by atoms with van der Waals surface area (Å²) in [5.74, 6) is 0.382. The predicted octanol–water partition coefficient (Wildman–Crippen LogP) is 3.11. The quantitative estimate of drug-likeness (QED) is 0.872. The zero-order chi connectivity index (χ0) is 14.4. The number of rotatable bonds is 2. The van der Waals surface area contributed by atoms with Gasteiger partial charge in [-0.05, 0) is 54.9 Å². The fourth-order valence-corrected chi connectivity index (χ4v) is 4.56. The average molecular weight is 277 g/mol. The summed E-state index contributed by atoms with van der Waals surface area (Å²) in [5.41, 5.74) is 6.87. The largest absolute Gasteiger partial charge is 0.385 e. The molecule has 0 aromatic heterocycles. The monoisotopic (exact) mass is 277 g/mol. The fourth-order valence-electron chi connectivity index (χ4n) is 4.56. The van der Waals surface area contributed by atoms with Crippen molar-refractivity contribution in [3.05, 3.63) is 35.1 Å². The molecule has 110 valence electrons. The van der Waals surface area contributed by atoms with Crippen LogP contribution in [-0.2, 0) is 12.0 Å². The highest BCUT2D eigenvalue weighted by atomic mass is 19.1. The lowest BCUT2D eigenvalue weighted by Crippen LogP contribution is -2.51. The lowest BCUT2D eigenvalue weighted by atomic mass is 9.59. The smallest absolute Gasteiger partial charge is 0.123 e. The van der Waals surface area contributed by atoms with E-state index >= 15 is 0 Å². The van der Waals surface area contributed by atoms with Gasteiger partial charge in [-0.1, -0.05) is 25.8 Å². The number of nitrogens with two attached hydrogens (primary N) is 1. The van der Waals surface area contributed by atoms with Crippen molar-refractivity contribution in [1.82, 2.24) is 0 Å². The van der Waals surface area contributed by atoms with Gasteiger partial charge >= 0.3 is 0 Å². The van der Waals surface area contributed by atoms with Crippen molar-refractivity contribution in [3.63, 3.8) is 0 Å². The molecular weight excluding hydrogens is 253 g/mol. The molecule has 0 radical (unpaired) electrons. The Bertz CT molecular complexity index is 518. The van der Waals surface area contributed by atoms with Crippen molar-refractivity contribution in [2.24, 2.45) is 17.1 Å². The van der Waals surface area contributed by atoms with E-state index in [1.165, 1.54) is 12.5 Å². The minimum absolute atomic E-state index is 0.216. The second-order valence-electron chi connectivity index (χ2n) is 6.85. The molecule has 0 heterocycles. The summed E-state index contributed by atoms with van der Waals surface area (Å²) in [7, 11) is 0. The van der Waals surface area contributed by atoms with Crippen molar-refractivity contribution in [1.29, 1.82) is 0 Å². The van der Waals surface area contributed by atoms with E-state index in [2.05, 4.69) is 6.92 Å². The highest BCUT2D eigenvalue weighted by Gasteiger charge is 2.54. The van der Waals surface area contributed by atoms with Crippen LogP contribution in [0.1, 0.15) is 50.2 Å². The Labute approximate surface area is 120 Å². The van der Waals surface area contributed by atoms with Gasteiger partial charge in [-0.25, -0.2) is 4.39 Å². The first-order chi connectivity index (χ1) is 9.51. The summed E-state index contributed by atoms with van der Waals surface area (Å²) in [6.07, 6.45) is 5.71. The van der Waals surface area contributed by atoms with Crippen molar-refractivity contribution < 1.29 is 9.50 Å². The van der Waals surface area contributed by atoms with Gasteiger partial charge in [0.1, 0.15) is 5.82 Å². The molecule has 0 aliphatic heterocycles. The van der Waals surface area contributed by atoms with Gasteiger partial charge in [0, 0.05) is 12.0 Å². The molecule has 0 bridgehead atoms. The Morgan fingerprint density at radius 3 is 2.90 bits per heavy atom. The Morgan fingerprint density at radius 1 is 1.40 bits per heavy atom. The van der Waals surface area contributed by atoms with Gasteiger partial charge in [-0.3, -0.25) is 0 Å². The third kappa shape index (κ3) is 1.91. The van der Waals surface area contributed by atoms with Gasteiger partial charge in [0.2, 0.25) is 0 Å². The zero-order valence-electron chi connectivity index (χ0n) is 12.2. The SMILES string of the molecule is CC1CCCC(CN)(C2(O)CCc3cc(F)ccc32)C1. The number of fused-ring (bicyclic) bond motifs is 1. The van der Waals surface area contributed by atoms with E-state index in [4.69, 9.17) is 5.73 Å². The summed E-state index contributed by atoms with van der Waals surface area (Å²) >= 11 is 0. The van der Waals surface area contributed by atoms with Crippen molar-refractivity contribution in [3.8, 4) is 0 Å². The molecule has 1 aromatic rings. The van der Waals surface area contributed by atoms with E-state index in [0.29, 0.717) is 18.9 Å². The minimum Gasteiger partial charge on any atom is -0.385 e. The van der Waals surface area contributed by atoms with Crippen LogP contribution in [0.25, 0.3) is 0 Å². The maximum Gasteiger partial charge on any atom is 0.123 e. The summed E-state index contributed by atoms with van der Waals surface area (Å²) in [4.78, 5) is 0. The third-order valence-corrected chi connectivity index (χ3v) is 5.63. The molecule has 3 atom stereocenters. The lowest BCUT2D eigenvalue weighted by molar-refractivity contribution is -0.113. The minimum atomic E-state index is -0.876. The highest BCUT2D eigenvalue weighted by Crippen LogP contribution is 2.56. The van der Waals surface area contributed by atoms with Gasteiger partial charge in [-0.15, -0.1) is 0 Å². The lowest BCUT2D eigenvalue weighted by Gasteiger charge is -2.49. The Kier molecular flexibility index (Phi) is 3.38. The summed E-state index contributed by atoms with van der Waals surface area (Å²) in [6.45, 7) is 2.75. The molecule has 1 aromatic carbocycles. The van der Waals surface area contributed by atoms with Crippen molar-refractivity contribution in [2.45, 2.75) is 51.0 Å². The number of benzene rings is 1.